The molecule has 1 aromatic rings. The van der Waals surface area contributed by atoms with E-state index in [0.717, 1.165) is 23.6 Å². The van der Waals surface area contributed by atoms with Crippen molar-refractivity contribution in [1.82, 2.24) is 20.2 Å². The average molecular weight is 378 g/mol. The van der Waals surface area contributed by atoms with Gasteiger partial charge < -0.3 is 11.2 Å². The number of nitrogens with zero attached hydrogens (tertiary/aromatic N) is 3. The predicted octanol–water partition coefficient (Wildman–Crippen LogP) is 2.86. The molecule has 1 atom stereocenters. The number of amides is 1. The fourth-order valence-electron chi connectivity index (χ4n) is 5.71. The molecule has 0 aromatic carbocycles. The van der Waals surface area contributed by atoms with Crippen LogP contribution in [-0.2, 0) is 10.2 Å². The molecule has 0 radical (unpaired) electrons. The summed E-state index contributed by atoms with van der Waals surface area (Å²) in [5.41, 5.74) is -0.126. The standard InChI is InChI=1S/C19H31N5OS/c1-11(26-17-23-22-16(24(17)20)18(2,3)4)15(25)21-19-8-12-5-13(9-19)7-14(6-12)10-19/h11-14H,5-10,20H2,1-4H3,(H,21,25). The molecule has 4 bridgehead atoms. The van der Waals surface area contributed by atoms with Crippen molar-refractivity contribution in [3.8, 4) is 0 Å². The third-order valence-corrected chi connectivity index (χ3v) is 7.47. The molecule has 0 aliphatic heterocycles. The van der Waals surface area contributed by atoms with Crippen molar-refractivity contribution < 1.29 is 4.79 Å². The summed E-state index contributed by atoms with van der Waals surface area (Å²) in [5.74, 6) is 9.48. The SMILES string of the molecule is CC(Sc1nnc(C(C)(C)C)n1N)C(=O)NC12CC3CC(CC(C3)C1)C2. The number of nitrogen functional groups attached to an aromatic ring is 1. The maximum Gasteiger partial charge on any atom is 0.233 e. The number of carbonyl (C=O) groups is 1. The van der Waals surface area contributed by atoms with E-state index in [4.69, 9.17) is 5.84 Å². The van der Waals surface area contributed by atoms with Crippen LogP contribution >= 0.6 is 11.8 Å². The van der Waals surface area contributed by atoms with Crippen molar-refractivity contribution in [3.63, 3.8) is 0 Å². The van der Waals surface area contributed by atoms with Crippen LogP contribution in [0, 0.1) is 17.8 Å². The van der Waals surface area contributed by atoms with Crippen LogP contribution in [0.3, 0.4) is 0 Å². The molecular formula is C19H31N5OS. The lowest BCUT2D eigenvalue weighted by molar-refractivity contribution is -0.126. The first-order valence-electron chi connectivity index (χ1n) is 9.85. The maximum atomic E-state index is 12.9. The molecule has 4 aliphatic rings. The lowest BCUT2D eigenvalue weighted by Crippen LogP contribution is -2.60. The minimum atomic E-state index is -0.234. The van der Waals surface area contributed by atoms with Gasteiger partial charge in [-0.2, -0.15) is 0 Å². The maximum absolute atomic E-state index is 12.9. The van der Waals surface area contributed by atoms with E-state index in [9.17, 15) is 4.79 Å². The van der Waals surface area contributed by atoms with Gasteiger partial charge in [-0.3, -0.25) is 4.79 Å². The second-order valence-electron chi connectivity index (χ2n) is 9.87. The molecule has 5 rings (SSSR count). The summed E-state index contributed by atoms with van der Waals surface area (Å²) in [7, 11) is 0. The van der Waals surface area contributed by atoms with E-state index < -0.39 is 0 Å². The molecule has 4 aliphatic carbocycles. The molecule has 4 saturated carbocycles. The highest BCUT2D eigenvalue weighted by Crippen LogP contribution is 2.55. The largest absolute Gasteiger partial charge is 0.350 e. The summed E-state index contributed by atoms with van der Waals surface area (Å²) >= 11 is 1.40. The zero-order valence-electron chi connectivity index (χ0n) is 16.3. The second-order valence-corrected chi connectivity index (χ2v) is 11.2. The topological polar surface area (TPSA) is 85.8 Å². The van der Waals surface area contributed by atoms with Gasteiger partial charge in [0.25, 0.3) is 0 Å². The van der Waals surface area contributed by atoms with E-state index in [0.29, 0.717) is 5.16 Å². The molecule has 7 heteroatoms. The van der Waals surface area contributed by atoms with E-state index in [1.165, 1.54) is 55.0 Å². The van der Waals surface area contributed by atoms with Gasteiger partial charge in [-0.25, -0.2) is 4.68 Å². The Labute approximate surface area is 160 Å². The van der Waals surface area contributed by atoms with Gasteiger partial charge in [0.15, 0.2) is 5.82 Å². The number of hydrogen-bond acceptors (Lipinski definition) is 5. The molecule has 1 heterocycles. The summed E-state index contributed by atoms with van der Waals surface area (Å²) in [4.78, 5) is 12.9. The van der Waals surface area contributed by atoms with Gasteiger partial charge in [-0.05, 0) is 63.2 Å². The smallest absolute Gasteiger partial charge is 0.233 e. The third kappa shape index (κ3) is 3.23. The van der Waals surface area contributed by atoms with E-state index in [-0.39, 0.29) is 22.1 Å². The van der Waals surface area contributed by atoms with Crippen LogP contribution in [0.15, 0.2) is 5.16 Å². The molecule has 0 saturated heterocycles. The number of thioether (sulfide) groups is 1. The van der Waals surface area contributed by atoms with Crippen LogP contribution in [0.2, 0.25) is 0 Å². The van der Waals surface area contributed by atoms with Gasteiger partial charge in [0, 0.05) is 11.0 Å². The third-order valence-electron chi connectivity index (χ3n) is 6.41. The number of rotatable bonds is 4. The van der Waals surface area contributed by atoms with Crippen molar-refractivity contribution >= 4 is 17.7 Å². The van der Waals surface area contributed by atoms with Crippen molar-refractivity contribution in [2.75, 3.05) is 5.84 Å². The highest BCUT2D eigenvalue weighted by Gasteiger charge is 2.51. The Morgan fingerprint density at radius 3 is 2.19 bits per heavy atom. The molecule has 4 fully saturated rings. The lowest BCUT2D eigenvalue weighted by atomic mass is 9.53. The Bertz CT molecular complexity index is 672. The summed E-state index contributed by atoms with van der Waals surface area (Å²) in [5, 5.41) is 12.2. The fraction of sp³-hybridized carbons (Fsp3) is 0.842. The molecule has 6 nitrogen and oxygen atoms in total. The van der Waals surface area contributed by atoms with Crippen LogP contribution in [0.5, 0.6) is 0 Å². The van der Waals surface area contributed by atoms with Crippen molar-refractivity contribution in [1.29, 1.82) is 0 Å². The van der Waals surface area contributed by atoms with Gasteiger partial charge >= 0.3 is 0 Å². The monoisotopic (exact) mass is 377 g/mol. The Balaban J connectivity index is 1.42. The van der Waals surface area contributed by atoms with Gasteiger partial charge in [0.2, 0.25) is 11.1 Å². The first kappa shape index (κ1) is 18.1. The summed E-state index contributed by atoms with van der Waals surface area (Å²) in [6, 6.07) is 0. The first-order chi connectivity index (χ1) is 12.2. The van der Waals surface area contributed by atoms with Crippen molar-refractivity contribution in [2.45, 2.75) is 87.6 Å². The van der Waals surface area contributed by atoms with Crippen LogP contribution in [0.1, 0.15) is 72.0 Å². The molecular weight excluding hydrogens is 346 g/mol. The molecule has 1 unspecified atom stereocenters. The number of nitrogens with two attached hydrogens (primary N) is 1. The number of hydrogen-bond donors (Lipinski definition) is 2. The van der Waals surface area contributed by atoms with Crippen LogP contribution in [0.25, 0.3) is 0 Å². The van der Waals surface area contributed by atoms with Gasteiger partial charge in [-0.15, -0.1) is 10.2 Å². The quantitative estimate of drug-likeness (QED) is 0.622. The summed E-state index contributed by atoms with van der Waals surface area (Å²) in [6.45, 7) is 8.10. The van der Waals surface area contributed by atoms with Crippen LogP contribution in [-0.4, -0.2) is 31.6 Å². The molecule has 1 aromatic heterocycles. The van der Waals surface area contributed by atoms with E-state index in [2.05, 4.69) is 36.3 Å². The molecule has 0 spiro atoms. The second kappa shape index (κ2) is 6.14. The van der Waals surface area contributed by atoms with Gasteiger partial charge in [0.05, 0.1) is 5.25 Å². The van der Waals surface area contributed by atoms with Gasteiger partial charge in [-0.1, -0.05) is 32.5 Å². The van der Waals surface area contributed by atoms with Crippen LogP contribution < -0.4 is 11.2 Å². The van der Waals surface area contributed by atoms with Crippen molar-refractivity contribution in [2.24, 2.45) is 17.8 Å². The summed E-state index contributed by atoms with van der Waals surface area (Å²) < 4.78 is 1.53. The Morgan fingerprint density at radius 1 is 1.19 bits per heavy atom. The van der Waals surface area contributed by atoms with E-state index in [1.54, 1.807) is 0 Å². The molecule has 3 N–H and O–H groups in total. The van der Waals surface area contributed by atoms with E-state index >= 15 is 0 Å². The minimum Gasteiger partial charge on any atom is -0.350 e. The minimum absolute atomic E-state index is 0.0492. The summed E-state index contributed by atoms with van der Waals surface area (Å²) in [6.07, 6.45) is 7.65. The molecule has 144 valence electrons. The fourth-order valence-corrected chi connectivity index (χ4v) is 6.48. The van der Waals surface area contributed by atoms with E-state index in [1.807, 2.05) is 6.92 Å². The average Bonchev–Trinajstić information content (AvgIpc) is 2.86. The normalized spacial score (nSPS) is 34.1. The molecule has 1 amide bonds. The zero-order valence-corrected chi connectivity index (χ0v) is 17.1. The lowest BCUT2D eigenvalue weighted by Gasteiger charge is -2.57. The highest BCUT2D eigenvalue weighted by atomic mass is 32.2. The predicted molar refractivity (Wildman–Crippen MR) is 103 cm³/mol. The Morgan fingerprint density at radius 2 is 1.73 bits per heavy atom. The first-order valence-corrected chi connectivity index (χ1v) is 10.7. The number of carbonyl (C=O) groups excluding carboxylic acids is 1. The number of aromatic nitrogens is 3. The highest BCUT2D eigenvalue weighted by molar-refractivity contribution is 8.00. The molecule has 26 heavy (non-hydrogen) atoms. The zero-order chi connectivity index (χ0) is 18.7. The Hall–Kier alpha value is -1.24. The van der Waals surface area contributed by atoms with Crippen molar-refractivity contribution in [3.05, 3.63) is 5.82 Å². The Kier molecular flexibility index (Phi) is 4.29. The number of nitrogens with one attached hydrogen (secondary N) is 1. The van der Waals surface area contributed by atoms with Gasteiger partial charge in [0.1, 0.15) is 0 Å². The van der Waals surface area contributed by atoms with Crippen LogP contribution in [0.4, 0.5) is 0 Å².